The van der Waals surface area contributed by atoms with Gasteiger partial charge in [0.15, 0.2) is 0 Å². The van der Waals surface area contributed by atoms with E-state index in [1.165, 1.54) is 0 Å². The number of benzene rings is 1. The van der Waals surface area contributed by atoms with E-state index in [1.807, 2.05) is 0 Å². The summed E-state index contributed by atoms with van der Waals surface area (Å²) >= 11 is 1.16. The first-order valence-electron chi connectivity index (χ1n) is 8.40. The third-order valence-electron chi connectivity index (χ3n) is 3.64. The van der Waals surface area contributed by atoms with Gasteiger partial charge in [-0.05, 0) is 19.1 Å². The van der Waals surface area contributed by atoms with Crippen LogP contribution in [0.15, 0.2) is 24.3 Å². The monoisotopic (exact) mass is 394 g/mol. The van der Waals surface area contributed by atoms with Crippen molar-refractivity contribution in [1.82, 2.24) is 10.6 Å². The molecule has 10 heteroatoms. The van der Waals surface area contributed by atoms with Crippen molar-refractivity contribution in [2.45, 2.75) is 31.3 Å². The fourth-order valence-corrected chi connectivity index (χ4v) is 3.43. The van der Waals surface area contributed by atoms with Gasteiger partial charge in [-0.25, -0.2) is 4.79 Å². The van der Waals surface area contributed by atoms with Crippen LogP contribution in [0.2, 0.25) is 0 Å². The van der Waals surface area contributed by atoms with Crippen molar-refractivity contribution in [3.8, 4) is 0 Å². The van der Waals surface area contributed by atoms with Crippen LogP contribution in [0.4, 0.5) is 5.69 Å². The maximum Gasteiger partial charge on any atom is 0.340 e. The molecule has 1 aliphatic heterocycles. The first-order valence-corrected chi connectivity index (χ1v) is 9.45. The van der Waals surface area contributed by atoms with E-state index in [-0.39, 0.29) is 48.6 Å². The molecule has 2 atom stereocenters. The molecule has 1 fully saturated rings. The second-order valence-electron chi connectivity index (χ2n) is 5.81. The first kappa shape index (κ1) is 20.7. The summed E-state index contributed by atoms with van der Waals surface area (Å²) in [5.41, 5.74) is 5.27. The summed E-state index contributed by atoms with van der Waals surface area (Å²) in [6, 6.07) is 6.19. The number of carbonyl (C=O) groups is 4. The molecule has 1 heterocycles. The maximum atomic E-state index is 12.2. The van der Waals surface area contributed by atoms with Crippen molar-refractivity contribution in [1.29, 1.82) is 0 Å². The van der Waals surface area contributed by atoms with E-state index >= 15 is 0 Å². The average Bonchev–Trinajstić information content (AvgIpc) is 2.59. The van der Waals surface area contributed by atoms with E-state index in [4.69, 9.17) is 10.5 Å². The second kappa shape index (κ2) is 9.93. The van der Waals surface area contributed by atoms with E-state index in [9.17, 15) is 19.2 Å². The van der Waals surface area contributed by atoms with Gasteiger partial charge in [0.2, 0.25) is 17.7 Å². The number of nitrogens with one attached hydrogen (secondary N) is 3. The van der Waals surface area contributed by atoms with E-state index in [2.05, 4.69) is 16.0 Å². The van der Waals surface area contributed by atoms with Gasteiger partial charge in [0.05, 0.1) is 23.6 Å². The number of esters is 1. The molecule has 0 saturated carbocycles. The molecule has 1 aromatic carbocycles. The van der Waals surface area contributed by atoms with Crippen LogP contribution in [0.25, 0.3) is 0 Å². The van der Waals surface area contributed by atoms with E-state index < -0.39 is 17.4 Å². The average molecular weight is 394 g/mol. The number of thioether (sulfide) groups is 1. The molecular formula is C17H22N4O5S. The highest BCUT2D eigenvalue weighted by molar-refractivity contribution is 8.00. The van der Waals surface area contributed by atoms with Crippen molar-refractivity contribution in [2.24, 2.45) is 5.73 Å². The standard InChI is InChI=1S/C17H22N4O5S/c1-2-26-16(25)11-5-3-4-6-12(11)20-15(24)9-27-17-19-10(7-13(18)22)8-14(23)21-17/h3-6,10,17,19H,2,7-9H2,1H3,(H2,18,22)(H,20,24)(H,21,23). The summed E-state index contributed by atoms with van der Waals surface area (Å²) in [7, 11) is 0. The van der Waals surface area contributed by atoms with Gasteiger partial charge < -0.3 is 21.1 Å². The number of nitrogens with two attached hydrogens (primary N) is 1. The van der Waals surface area contributed by atoms with Gasteiger partial charge in [-0.2, -0.15) is 0 Å². The van der Waals surface area contributed by atoms with Crippen LogP contribution in [0, 0.1) is 0 Å². The summed E-state index contributed by atoms with van der Waals surface area (Å²) in [6.07, 6.45) is 0.197. The number of hydrogen-bond donors (Lipinski definition) is 4. The van der Waals surface area contributed by atoms with Gasteiger partial charge in [-0.3, -0.25) is 19.7 Å². The molecule has 5 N–H and O–H groups in total. The minimum Gasteiger partial charge on any atom is -0.462 e. The van der Waals surface area contributed by atoms with Crippen molar-refractivity contribution >= 4 is 41.1 Å². The zero-order valence-electron chi connectivity index (χ0n) is 14.8. The normalized spacial score (nSPS) is 19.1. The molecule has 0 spiro atoms. The predicted molar refractivity (Wildman–Crippen MR) is 101 cm³/mol. The minimum atomic E-state index is -0.517. The highest BCUT2D eigenvalue weighted by atomic mass is 32.2. The number of carbonyl (C=O) groups excluding carboxylic acids is 4. The molecule has 1 saturated heterocycles. The quantitative estimate of drug-likeness (QED) is 0.461. The van der Waals surface area contributed by atoms with E-state index in [0.717, 1.165) is 11.8 Å². The highest BCUT2D eigenvalue weighted by Gasteiger charge is 2.27. The van der Waals surface area contributed by atoms with Gasteiger partial charge in [-0.1, -0.05) is 12.1 Å². The van der Waals surface area contributed by atoms with Crippen molar-refractivity contribution in [2.75, 3.05) is 17.7 Å². The number of primary amides is 1. The fourth-order valence-electron chi connectivity index (χ4n) is 2.53. The topological polar surface area (TPSA) is 140 Å². The molecule has 0 bridgehead atoms. The van der Waals surface area contributed by atoms with Gasteiger partial charge in [0.1, 0.15) is 5.50 Å². The molecule has 0 aromatic heterocycles. The Bertz CT molecular complexity index is 725. The van der Waals surface area contributed by atoms with Crippen LogP contribution in [0.1, 0.15) is 30.1 Å². The molecule has 9 nitrogen and oxygen atoms in total. The number of amides is 3. The van der Waals surface area contributed by atoms with Crippen LogP contribution in [0.3, 0.4) is 0 Å². The van der Waals surface area contributed by atoms with E-state index in [0.29, 0.717) is 5.69 Å². The Morgan fingerprint density at radius 1 is 1.33 bits per heavy atom. The smallest absolute Gasteiger partial charge is 0.340 e. The summed E-state index contributed by atoms with van der Waals surface area (Å²) in [5, 5.41) is 8.42. The lowest BCUT2D eigenvalue weighted by Crippen LogP contribution is -2.55. The molecule has 3 amide bonds. The van der Waals surface area contributed by atoms with Crippen LogP contribution in [0.5, 0.6) is 0 Å². The van der Waals surface area contributed by atoms with Crippen LogP contribution in [-0.4, -0.2) is 47.6 Å². The lowest BCUT2D eigenvalue weighted by atomic mass is 10.1. The van der Waals surface area contributed by atoms with Gasteiger partial charge >= 0.3 is 5.97 Å². The molecule has 146 valence electrons. The minimum absolute atomic E-state index is 0.0262. The van der Waals surface area contributed by atoms with Gasteiger partial charge in [0, 0.05) is 18.9 Å². The number of para-hydroxylation sites is 1. The molecule has 0 aliphatic carbocycles. The SMILES string of the molecule is CCOC(=O)c1ccccc1NC(=O)CSC1NC(=O)CC(CC(N)=O)N1. The number of ether oxygens (including phenoxy) is 1. The number of hydrogen-bond acceptors (Lipinski definition) is 7. The summed E-state index contributed by atoms with van der Waals surface area (Å²) in [4.78, 5) is 46.9. The highest BCUT2D eigenvalue weighted by Crippen LogP contribution is 2.18. The zero-order valence-corrected chi connectivity index (χ0v) is 15.6. The Balaban J connectivity index is 1.90. The molecule has 27 heavy (non-hydrogen) atoms. The third-order valence-corrected chi connectivity index (χ3v) is 4.65. The summed E-state index contributed by atoms with van der Waals surface area (Å²) in [6.45, 7) is 1.93. The second-order valence-corrected chi connectivity index (χ2v) is 6.90. The maximum absolute atomic E-state index is 12.2. The van der Waals surface area contributed by atoms with Crippen molar-refractivity contribution in [3.63, 3.8) is 0 Å². The lowest BCUT2D eigenvalue weighted by Gasteiger charge is -2.30. The summed E-state index contributed by atoms with van der Waals surface area (Å²) in [5.74, 6) is -1.55. The van der Waals surface area contributed by atoms with Crippen LogP contribution < -0.4 is 21.7 Å². The Labute approximate surface area is 160 Å². The molecule has 2 rings (SSSR count). The lowest BCUT2D eigenvalue weighted by molar-refractivity contribution is -0.124. The summed E-state index contributed by atoms with van der Waals surface area (Å²) < 4.78 is 4.97. The largest absolute Gasteiger partial charge is 0.462 e. The Morgan fingerprint density at radius 3 is 2.78 bits per heavy atom. The first-order chi connectivity index (χ1) is 12.9. The Hall–Kier alpha value is -2.59. The van der Waals surface area contributed by atoms with Gasteiger partial charge in [-0.15, -0.1) is 11.8 Å². The van der Waals surface area contributed by atoms with Crippen LogP contribution in [-0.2, 0) is 19.1 Å². The molecular weight excluding hydrogens is 372 g/mol. The Morgan fingerprint density at radius 2 is 2.07 bits per heavy atom. The van der Waals surface area contributed by atoms with Crippen molar-refractivity contribution < 1.29 is 23.9 Å². The molecule has 2 unspecified atom stereocenters. The Kier molecular flexibility index (Phi) is 7.62. The van der Waals surface area contributed by atoms with Gasteiger partial charge in [0.25, 0.3) is 0 Å². The fraction of sp³-hybridized carbons (Fsp3) is 0.412. The molecule has 0 radical (unpaired) electrons. The zero-order chi connectivity index (χ0) is 19.8. The number of rotatable bonds is 8. The van der Waals surface area contributed by atoms with Crippen molar-refractivity contribution in [3.05, 3.63) is 29.8 Å². The number of anilines is 1. The van der Waals surface area contributed by atoms with Crippen LogP contribution >= 0.6 is 11.8 Å². The van der Waals surface area contributed by atoms with E-state index in [1.54, 1.807) is 31.2 Å². The molecule has 1 aliphatic rings. The third kappa shape index (κ3) is 6.57. The predicted octanol–water partition coefficient (Wildman–Crippen LogP) is 0.172. The molecule has 1 aromatic rings.